The molecule has 1 saturated carbocycles. The number of carbonyl (C=O) groups excluding carboxylic acids is 1. The van der Waals surface area contributed by atoms with Gasteiger partial charge in [0, 0.05) is 23.5 Å². The van der Waals surface area contributed by atoms with Crippen molar-refractivity contribution in [2.24, 2.45) is 5.92 Å². The second-order valence-corrected chi connectivity index (χ2v) is 10.7. The predicted octanol–water partition coefficient (Wildman–Crippen LogP) is 4.27. The van der Waals surface area contributed by atoms with Crippen LogP contribution in [0, 0.1) is 11.7 Å². The quantitative estimate of drug-likeness (QED) is 0.227. The van der Waals surface area contributed by atoms with E-state index >= 15 is 0 Å². The minimum Gasteiger partial charge on any atom is -0.394 e. The summed E-state index contributed by atoms with van der Waals surface area (Å²) in [5, 5.41) is 32.4. The van der Waals surface area contributed by atoms with Gasteiger partial charge in [-0.2, -0.15) is 4.98 Å². The highest BCUT2D eigenvalue weighted by Crippen LogP contribution is 2.31. The third-order valence-electron chi connectivity index (χ3n) is 7.22. The molecule has 0 aliphatic heterocycles. The number of amides is 2. The molecule has 0 unspecified atom stereocenters. The summed E-state index contributed by atoms with van der Waals surface area (Å²) in [5.41, 5.74) is 2.36. The zero-order valence-electron chi connectivity index (χ0n) is 22.7. The highest BCUT2D eigenvalue weighted by molar-refractivity contribution is 5.93. The van der Waals surface area contributed by atoms with Crippen LogP contribution in [-0.2, 0) is 0 Å². The van der Waals surface area contributed by atoms with E-state index in [1.807, 2.05) is 45.0 Å². The lowest BCUT2D eigenvalue weighted by Crippen LogP contribution is -2.50. The summed E-state index contributed by atoms with van der Waals surface area (Å²) in [6, 6.07) is 11.7. The van der Waals surface area contributed by atoms with E-state index in [0.29, 0.717) is 11.8 Å². The van der Waals surface area contributed by atoms with Gasteiger partial charge in [0.1, 0.15) is 11.6 Å². The van der Waals surface area contributed by atoms with Gasteiger partial charge in [-0.05, 0) is 73.9 Å². The van der Waals surface area contributed by atoms with Crippen molar-refractivity contribution in [2.45, 2.75) is 70.6 Å². The number of aliphatic hydroxyl groups excluding tert-OH is 2. The SMILES string of the molecule is CC(C)[C@@H](CO)NC(=O)NC1CCC(Nc2nc(N[C@H](C)CO)nc3ccc(-c4cccc(F)c4)cc23)CC1. The van der Waals surface area contributed by atoms with Crippen molar-refractivity contribution in [1.82, 2.24) is 20.6 Å². The van der Waals surface area contributed by atoms with Gasteiger partial charge in [-0.25, -0.2) is 14.2 Å². The second kappa shape index (κ2) is 13.0. The molecule has 1 aliphatic rings. The summed E-state index contributed by atoms with van der Waals surface area (Å²) in [7, 11) is 0. The molecule has 2 amide bonds. The molecule has 2 aromatic carbocycles. The standard InChI is InChI=1S/C29H39FN6O3/c1-17(2)26(16-38)35-29(39)33-23-10-8-22(9-11-23)32-27-24-14-20(19-5-4-6-21(30)13-19)7-12-25(24)34-28(36-27)31-18(3)15-37/h4-7,12-14,17-18,22-23,26,37-38H,8-11,15-16H2,1-3H3,(H2,33,35,39)(H2,31,32,34,36)/t18-,22?,23?,26-/m1/s1. The van der Waals surface area contributed by atoms with Crippen molar-refractivity contribution in [3.05, 3.63) is 48.3 Å². The molecule has 1 fully saturated rings. The van der Waals surface area contributed by atoms with Crippen LogP contribution in [0.2, 0.25) is 0 Å². The summed E-state index contributed by atoms with van der Waals surface area (Å²) in [6.07, 6.45) is 3.29. The number of nitrogens with one attached hydrogen (secondary N) is 4. The van der Waals surface area contributed by atoms with E-state index < -0.39 is 0 Å². The maximum atomic E-state index is 13.9. The Labute approximate surface area is 228 Å². The van der Waals surface area contributed by atoms with E-state index in [0.717, 1.165) is 47.7 Å². The van der Waals surface area contributed by atoms with Gasteiger partial charge in [-0.15, -0.1) is 0 Å². The fraction of sp³-hybridized carbons (Fsp3) is 0.483. The first-order valence-corrected chi connectivity index (χ1v) is 13.6. The van der Waals surface area contributed by atoms with E-state index in [1.54, 1.807) is 6.07 Å². The van der Waals surface area contributed by atoms with Crippen molar-refractivity contribution in [1.29, 1.82) is 0 Å². The Kier molecular flexibility index (Phi) is 9.53. The molecule has 0 radical (unpaired) electrons. The number of hydrogen-bond acceptors (Lipinski definition) is 7. The van der Waals surface area contributed by atoms with E-state index in [9.17, 15) is 19.4 Å². The molecule has 3 aromatic rings. The smallest absolute Gasteiger partial charge is 0.315 e. The number of hydrogen-bond donors (Lipinski definition) is 6. The first-order valence-electron chi connectivity index (χ1n) is 13.6. The predicted molar refractivity (Wildman–Crippen MR) is 152 cm³/mol. The van der Waals surface area contributed by atoms with Crippen LogP contribution in [-0.4, -0.2) is 63.6 Å². The van der Waals surface area contributed by atoms with Gasteiger partial charge in [0.25, 0.3) is 0 Å². The Morgan fingerprint density at radius 2 is 1.69 bits per heavy atom. The van der Waals surface area contributed by atoms with E-state index in [4.69, 9.17) is 4.98 Å². The number of urea groups is 1. The maximum Gasteiger partial charge on any atom is 0.315 e. The van der Waals surface area contributed by atoms with Crippen LogP contribution in [0.25, 0.3) is 22.0 Å². The molecule has 9 nitrogen and oxygen atoms in total. The molecule has 1 aliphatic carbocycles. The normalized spacial score (nSPS) is 18.9. The lowest BCUT2D eigenvalue weighted by molar-refractivity contribution is 0.194. The van der Waals surface area contributed by atoms with Crippen molar-refractivity contribution in [2.75, 3.05) is 23.8 Å². The summed E-state index contributed by atoms with van der Waals surface area (Å²) < 4.78 is 13.9. The molecule has 0 spiro atoms. The van der Waals surface area contributed by atoms with E-state index in [2.05, 4.69) is 26.3 Å². The summed E-state index contributed by atoms with van der Waals surface area (Å²) in [5.74, 6) is 0.933. The highest BCUT2D eigenvalue weighted by atomic mass is 19.1. The zero-order chi connectivity index (χ0) is 27.9. The first kappa shape index (κ1) is 28.5. The average Bonchev–Trinajstić information content (AvgIpc) is 2.92. The van der Waals surface area contributed by atoms with Gasteiger partial charge in [0.15, 0.2) is 0 Å². The van der Waals surface area contributed by atoms with Crippen LogP contribution in [0.5, 0.6) is 0 Å². The molecule has 39 heavy (non-hydrogen) atoms. The lowest BCUT2D eigenvalue weighted by atomic mass is 9.91. The van der Waals surface area contributed by atoms with Gasteiger partial charge in [0.05, 0.1) is 24.8 Å². The fourth-order valence-corrected chi connectivity index (χ4v) is 4.81. The Morgan fingerprint density at radius 1 is 0.974 bits per heavy atom. The van der Waals surface area contributed by atoms with E-state index in [-0.39, 0.29) is 55.1 Å². The third kappa shape index (κ3) is 7.54. The minimum atomic E-state index is -0.296. The third-order valence-corrected chi connectivity index (χ3v) is 7.22. The molecule has 4 rings (SSSR count). The number of halogens is 1. The number of benzene rings is 2. The summed E-state index contributed by atoms with van der Waals surface area (Å²) >= 11 is 0. The molecule has 2 atom stereocenters. The first-order chi connectivity index (χ1) is 18.7. The van der Waals surface area contributed by atoms with Crippen molar-refractivity contribution >= 4 is 28.7 Å². The largest absolute Gasteiger partial charge is 0.394 e. The van der Waals surface area contributed by atoms with Gasteiger partial charge >= 0.3 is 6.03 Å². The summed E-state index contributed by atoms with van der Waals surface area (Å²) in [4.78, 5) is 21.8. The Balaban J connectivity index is 1.50. The number of anilines is 2. The molecule has 0 saturated heterocycles. The zero-order valence-corrected chi connectivity index (χ0v) is 22.7. The molecule has 210 valence electrons. The number of nitrogens with zero attached hydrogens (tertiary/aromatic N) is 2. The number of rotatable bonds is 10. The van der Waals surface area contributed by atoms with Gasteiger partial charge in [-0.1, -0.05) is 32.0 Å². The molecule has 10 heteroatoms. The number of aliphatic hydroxyl groups is 2. The monoisotopic (exact) mass is 538 g/mol. The molecular weight excluding hydrogens is 499 g/mol. The van der Waals surface area contributed by atoms with E-state index in [1.165, 1.54) is 12.1 Å². The number of aromatic nitrogens is 2. The maximum absolute atomic E-state index is 13.9. The molecule has 1 aromatic heterocycles. The van der Waals surface area contributed by atoms with Crippen molar-refractivity contribution in [3.63, 3.8) is 0 Å². The Morgan fingerprint density at radius 3 is 2.36 bits per heavy atom. The molecule has 6 N–H and O–H groups in total. The lowest BCUT2D eigenvalue weighted by Gasteiger charge is -2.31. The Hall–Kier alpha value is -3.50. The fourth-order valence-electron chi connectivity index (χ4n) is 4.81. The van der Waals surface area contributed by atoms with Crippen molar-refractivity contribution < 1.29 is 19.4 Å². The van der Waals surface area contributed by atoms with Crippen LogP contribution in [0.15, 0.2) is 42.5 Å². The average molecular weight is 539 g/mol. The molecular formula is C29H39FN6O3. The van der Waals surface area contributed by atoms with Crippen LogP contribution >= 0.6 is 0 Å². The van der Waals surface area contributed by atoms with Gasteiger partial charge < -0.3 is 31.5 Å². The second-order valence-electron chi connectivity index (χ2n) is 10.7. The summed E-state index contributed by atoms with van der Waals surface area (Å²) in [6.45, 7) is 5.62. The molecule has 0 bridgehead atoms. The molecule has 1 heterocycles. The van der Waals surface area contributed by atoms with Gasteiger partial charge in [0.2, 0.25) is 5.95 Å². The van der Waals surface area contributed by atoms with Crippen LogP contribution in [0.3, 0.4) is 0 Å². The topological polar surface area (TPSA) is 131 Å². The van der Waals surface area contributed by atoms with Crippen LogP contribution in [0.1, 0.15) is 46.5 Å². The number of fused-ring (bicyclic) bond motifs is 1. The highest BCUT2D eigenvalue weighted by Gasteiger charge is 2.25. The number of carbonyl (C=O) groups is 1. The van der Waals surface area contributed by atoms with Crippen LogP contribution in [0.4, 0.5) is 21.0 Å². The van der Waals surface area contributed by atoms with Gasteiger partial charge in [-0.3, -0.25) is 0 Å². The minimum absolute atomic E-state index is 0.0521. The Bertz CT molecular complexity index is 1270. The van der Waals surface area contributed by atoms with Crippen molar-refractivity contribution in [3.8, 4) is 11.1 Å². The van der Waals surface area contributed by atoms with Crippen LogP contribution < -0.4 is 21.3 Å².